The van der Waals surface area contributed by atoms with Crippen molar-refractivity contribution in [2.45, 2.75) is 232 Å². The third kappa shape index (κ3) is 26.6. The molecule has 3 saturated heterocycles. The normalized spacial score (nSPS) is 30.9. The molecule has 582 valence electrons. The number of hydrogen-bond acceptors (Lipinski definition) is 38. The number of carbonyl (C=O) groups excluding carboxylic acids is 3. The second kappa shape index (κ2) is 45.0. The fourth-order valence-corrected chi connectivity index (χ4v) is 10.3. The molecule has 17 unspecified atom stereocenters. The number of aliphatic carboxylic acids is 1. The molecule has 42 nitrogen and oxygen atoms in total. The van der Waals surface area contributed by atoms with E-state index in [4.69, 9.17) is 75.8 Å². The van der Waals surface area contributed by atoms with Crippen LogP contribution in [0.5, 0.6) is 0 Å². The van der Waals surface area contributed by atoms with Crippen molar-refractivity contribution in [2.24, 2.45) is 0 Å². The highest BCUT2D eigenvalue weighted by Gasteiger charge is 2.55. The van der Waals surface area contributed by atoms with E-state index in [9.17, 15) is 116 Å². The van der Waals surface area contributed by atoms with E-state index < -0.39 is 306 Å². The van der Waals surface area contributed by atoms with Crippen molar-refractivity contribution in [2.75, 3.05) is 107 Å². The minimum atomic E-state index is -2.74. The fourth-order valence-electron chi connectivity index (χ4n) is 10.3. The minimum Gasteiger partial charge on any atom is -0.477 e. The number of rotatable bonds is 49. The van der Waals surface area contributed by atoms with Gasteiger partial charge in [-0.1, -0.05) is 6.92 Å². The number of carboxylic acids is 1. The molecule has 0 saturated carbocycles. The summed E-state index contributed by atoms with van der Waals surface area (Å²) in [4.78, 5) is 49.4. The molecule has 0 radical (unpaired) electrons. The lowest BCUT2D eigenvalue weighted by Gasteiger charge is -2.49. The Morgan fingerprint density at radius 1 is 0.566 bits per heavy atom. The topological polar surface area (TPSA) is 636 Å². The predicted molar refractivity (Wildman–Crippen MR) is 321 cm³/mol. The molecule has 99 heavy (non-hydrogen) atoms. The molecule has 0 bridgehead atoms. The zero-order valence-corrected chi connectivity index (χ0v) is 56.0. The molecule has 0 aromatic heterocycles. The lowest BCUT2D eigenvalue weighted by molar-refractivity contribution is -0.377. The summed E-state index contributed by atoms with van der Waals surface area (Å²) >= 11 is 0. The van der Waals surface area contributed by atoms with Crippen LogP contribution >= 0.6 is 0 Å². The zero-order valence-electron chi connectivity index (χ0n) is 56.0. The van der Waals surface area contributed by atoms with Gasteiger partial charge in [-0.2, -0.15) is 0 Å². The van der Waals surface area contributed by atoms with Crippen molar-refractivity contribution in [1.82, 2.24) is 16.0 Å². The number of carbonyl (C=O) groups is 4. The Labute approximate surface area is 568 Å². The van der Waals surface area contributed by atoms with E-state index in [0.29, 0.717) is 0 Å². The number of amides is 3. The van der Waals surface area contributed by atoms with Crippen LogP contribution < -0.4 is 16.0 Å². The van der Waals surface area contributed by atoms with Gasteiger partial charge in [-0.25, -0.2) is 4.79 Å². The van der Waals surface area contributed by atoms with E-state index in [2.05, 4.69) is 16.0 Å². The summed E-state index contributed by atoms with van der Waals surface area (Å²) < 4.78 is 92.6. The first kappa shape index (κ1) is 89.7. The highest BCUT2D eigenvalue weighted by Crippen LogP contribution is 2.35. The number of aliphatic hydroxyl groups excluding tert-OH is 18. The minimum absolute atomic E-state index is 0.471. The summed E-state index contributed by atoms with van der Waals surface area (Å²) in [6.07, 6.45) is -52.4. The van der Waals surface area contributed by atoms with Gasteiger partial charge in [0.05, 0.1) is 78.8 Å². The smallest absolute Gasteiger partial charge is 0.364 e. The Balaban J connectivity index is 2.13. The predicted octanol–water partition coefficient (Wildman–Crippen LogP) is -12.5. The number of ether oxygens (including phenoxy) is 16. The molecule has 3 rings (SSSR count). The highest BCUT2D eigenvalue weighted by atomic mass is 16.8. The summed E-state index contributed by atoms with van der Waals surface area (Å²) in [5.41, 5.74) is 0. The maximum Gasteiger partial charge on any atom is 0.364 e. The van der Waals surface area contributed by atoms with Gasteiger partial charge in [0, 0.05) is 54.5 Å². The van der Waals surface area contributed by atoms with Gasteiger partial charge in [0.1, 0.15) is 147 Å². The van der Waals surface area contributed by atoms with Crippen LogP contribution in [0.2, 0.25) is 0 Å². The molecule has 3 aliphatic rings. The van der Waals surface area contributed by atoms with Gasteiger partial charge in [-0.05, 0) is 13.8 Å². The molecule has 3 aliphatic heterocycles. The number of methoxy groups -OCH3 is 2. The Bertz CT molecular complexity index is 2270. The van der Waals surface area contributed by atoms with Crippen molar-refractivity contribution in [1.29, 1.82) is 0 Å². The van der Waals surface area contributed by atoms with Crippen LogP contribution in [-0.2, 0) is 95.0 Å². The Morgan fingerprint density at radius 3 is 1.70 bits per heavy atom. The van der Waals surface area contributed by atoms with Crippen molar-refractivity contribution in [3.63, 3.8) is 0 Å². The highest BCUT2D eigenvalue weighted by molar-refractivity contribution is 5.76. The lowest BCUT2D eigenvalue weighted by atomic mass is 9.95. The summed E-state index contributed by atoms with van der Waals surface area (Å²) in [6.45, 7) is -4.52. The van der Waals surface area contributed by atoms with E-state index in [1.165, 1.54) is 21.0 Å². The van der Waals surface area contributed by atoms with Crippen LogP contribution in [0.25, 0.3) is 0 Å². The van der Waals surface area contributed by atoms with Gasteiger partial charge in [0.15, 0.2) is 31.5 Å². The van der Waals surface area contributed by atoms with E-state index in [-0.39, 0.29) is 0 Å². The average molecular weight is 1460 g/mol. The van der Waals surface area contributed by atoms with Crippen LogP contribution in [-0.4, -0.2) is 411 Å². The molecular formula is C57H105N3O39. The van der Waals surface area contributed by atoms with E-state index >= 15 is 0 Å². The van der Waals surface area contributed by atoms with Crippen molar-refractivity contribution >= 4 is 23.7 Å². The van der Waals surface area contributed by atoms with Gasteiger partial charge in [0.25, 0.3) is 5.79 Å². The molecule has 3 fully saturated rings. The first-order valence-corrected chi connectivity index (χ1v) is 31.6. The molecule has 3 heterocycles. The fraction of sp³-hybridized carbons (Fsp3) is 0.930. The second-order valence-electron chi connectivity index (χ2n) is 23.3. The lowest BCUT2D eigenvalue weighted by Crippen LogP contribution is -2.68. The first-order chi connectivity index (χ1) is 46.8. The first-order valence-electron chi connectivity index (χ1n) is 31.6. The van der Waals surface area contributed by atoms with E-state index in [0.717, 1.165) is 34.8 Å². The summed E-state index contributed by atoms with van der Waals surface area (Å²) in [7, 11) is 2.37. The summed E-state index contributed by atoms with van der Waals surface area (Å²) in [5.74, 6) is -6.78. The molecule has 0 aliphatic carbocycles. The average Bonchev–Trinajstić information content (AvgIpc) is 0.781. The molecule has 0 aromatic rings. The zero-order chi connectivity index (χ0) is 74.6. The Hall–Kier alpha value is -3.48. The van der Waals surface area contributed by atoms with Crippen molar-refractivity contribution < 1.29 is 192 Å². The van der Waals surface area contributed by atoms with Gasteiger partial charge in [-0.15, -0.1) is 0 Å². The third-order valence-electron chi connectivity index (χ3n) is 15.8. The summed E-state index contributed by atoms with van der Waals surface area (Å²) in [5, 5.41) is 212. The van der Waals surface area contributed by atoms with Crippen LogP contribution in [0.4, 0.5) is 0 Å². The maximum absolute atomic E-state index is 13.0. The molecule has 0 aromatic carbocycles. The van der Waals surface area contributed by atoms with Gasteiger partial charge in [-0.3, -0.25) is 14.4 Å². The summed E-state index contributed by atoms with van der Waals surface area (Å²) in [6, 6.07) is -1.88. The number of carboxylic acid groups (broad SMARTS) is 1. The van der Waals surface area contributed by atoms with Gasteiger partial charge >= 0.3 is 5.97 Å². The van der Waals surface area contributed by atoms with Crippen molar-refractivity contribution in [3.8, 4) is 0 Å². The molecule has 30 atom stereocenters. The van der Waals surface area contributed by atoms with Crippen LogP contribution in [0.3, 0.4) is 0 Å². The molecule has 3 amide bonds. The second-order valence-corrected chi connectivity index (χ2v) is 23.3. The van der Waals surface area contributed by atoms with Crippen LogP contribution in [0.1, 0.15) is 48.0 Å². The monoisotopic (exact) mass is 1460 g/mol. The number of aliphatic hydroxyl groups is 18. The molecule has 0 spiro atoms. The third-order valence-corrected chi connectivity index (χ3v) is 15.8. The number of hydrogen-bond donors (Lipinski definition) is 22. The molecule has 22 N–H and O–H groups in total. The van der Waals surface area contributed by atoms with Gasteiger partial charge in [0.2, 0.25) is 17.7 Å². The van der Waals surface area contributed by atoms with Gasteiger partial charge < -0.3 is 189 Å². The largest absolute Gasteiger partial charge is 0.477 e. The quantitative estimate of drug-likeness (QED) is 0.0199. The van der Waals surface area contributed by atoms with Crippen molar-refractivity contribution in [3.05, 3.63) is 0 Å². The molecular weight excluding hydrogens is 1350 g/mol. The van der Waals surface area contributed by atoms with E-state index in [1.54, 1.807) is 0 Å². The SMILES string of the molecule is CC[C@@](OCC(CO)O[C@@H](O[C@@H]1C(CO)O[C@@H](OC2C(O)[C@H](O)C(COCOC(CO)[C@@H](OC)C(C)O)O[C@@H]2OCC2O[C@@H](O[C@H](C(O)CO)C(O)CNC(C)=O)C(O)C(O[C@@H](OCCO)C(CO)OC)[C@@H]2O)C(NC(C)=O)C1O)C(C)O)(OC(CNC(C)=O)[C@H](O)[C@H](O)CO)C(=O)O. The maximum atomic E-state index is 13.0. The van der Waals surface area contributed by atoms with Crippen LogP contribution in [0, 0.1) is 0 Å². The Kier molecular flexibility index (Phi) is 40.8. The number of nitrogens with one attached hydrogen (secondary N) is 3. The molecule has 42 heteroatoms. The standard InChI is InChI=1S/C57H105N3O39/c1-9-57(56(82)83,99-33(13-59-27(5)71)40(76)31(74)15-63)90-20-29(14-62)91-51(25(3)69)96-48-35(18-66)92-53(39(43(48)79)60-28(6)72)98-50-44(80)41(77)37(21-86-23-89-34(17-65)46(85-8)24(2)68)94-55(50)88-22-38-42(78)49(97-52(87-11-10-61)36(19-67)84-7)45(81)54(93-38)95-47(32(75)16-64)30(73)12-58-26(4)70/h24-25,29-55,61-69,73-81H,9-23H2,1-8H3,(H,58,70)(H,59,71)(H,60,72)(H,82,83)/t24?,25?,29?,30?,31-,32?,33?,34?,35?,36?,37?,38?,39?,40-,41-,42-,43?,44?,45?,46+,47+,48-,49?,50?,51+,52-,53+,54+,55+,57-/m1/s1. The van der Waals surface area contributed by atoms with E-state index in [1.807, 2.05) is 0 Å². The Morgan fingerprint density at radius 2 is 1.17 bits per heavy atom. The van der Waals surface area contributed by atoms with Crippen LogP contribution in [0.15, 0.2) is 0 Å².